The zero-order valence-electron chi connectivity index (χ0n) is 16.7. The summed E-state index contributed by atoms with van der Waals surface area (Å²) >= 11 is 7.45. The average molecular weight is 439 g/mol. The van der Waals surface area contributed by atoms with Crippen molar-refractivity contribution in [1.82, 2.24) is 5.32 Å². The van der Waals surface area contributed by atoms with E-state index in [1.54, 1.807) is 36.2 Å². The van der Waals surface area contributed by atoms with Crippen LogP contribution in [0.25, 0.3) is 0 Å². The Morgan fingerprint density at radius 2 is 2.00 bits per heavy atom. The first-order valence-electron chi connectivity index (χ1n) is 9.47. The first-order chi connectivity index (χ1) is 14.4. The number of rotatable bonds is 7. The number of amides is 2. The standard InChI is InChI=1S/C24H23ClN2O2S/c1-4-5-6-16(2)15-26-23(28)18-9-12-20-21(14-18)30-22(24(29)27(20)3)13-17-7-10-19(25)11-8-17/h4-12,14,22H,1-2,13,15H2,3H3,(H,26,28)/b6-5-. The van der Waals surface area contributed by atoms with Crippen LogP contribution in [0.1, 0.15) is 15.9 Å². The van der Waals surface area contributed by atoms with Crippen LogP contribution in [0.3, 0.4) is 0 Å². The van der Waals surface area contributed by atoms with Gasteiger partial charge in [-0.2, -0.15) is 0 Å². The largest absolute Gasteiger partial charge is 0.348 e. The zero-order chi connectivity index (χ0) is 21.7. The smallest absolute Gasteiger partial charge is 0.251 e. The second-order valence-corrected chi connectivity index (χ2v) is 8.63. The Hall–Kier alpha value is -2.76. The molecule has 2 aromatic carbocycles. The maximum absolute atomic E-state index is 12.8. The van der Waals surface area contributed by atoms with Gasteiger partial charge in [-0.05, 0) is 47.9 Å². The Bertz CT molecular complexity index is 1010. The number of carbonyl (C=O) groups excluding carboxylic acids is 2. The van der Waals surface area contributed by atoms with Crippen molar-refractivity contribution in [1.29, 1.82) is 0 Å². The van der Waals surface area contributed by atoms with Crippen LogP contribution >= 0.6 is 23.4 Å². The molecule has 1 heterocycles. The van der Waals surface area contributed by atoms with Gasteiger partial charge < -0.3 is 10.2 Å². The van der Waals surface area contributed by atoms with Crippen molar-refractivity contribution in [3.8, 4) is 0 Å². The summed E-state index contributed by atoms with van der Waals surface area (Å²) in [5.74, 6) is -0.134. The number of anilines is 1. The van der Waals surface area contributed by atoms with E-state index in [1.807, 2.05) is 36.4 Å². The van der Waals surface area contributed by atoms with Gasteiger partial charge in [0.1, 0.15) is 0 Å². The molecule has 1 N–H and O–H groups in total. The van der Waals surface area contributed by atoms with Crippen molar-refractivity contribution >= 4 is 40.9 Å². The monoisotopic (exact) mass is 438 g/mol. The molecule has 3 rings (SSSR count). The SMILES string of the molecule is C=C/C=C\C(=C)CNC(=O)c1ccc2c(c1)SC(Cc1ccc(Cl)cc1)C(=O)N2C. The van der Waals surface area contributed by atoms with Gasteiger partial charge in [-0.1, -0.05) is 55.1 Å². The van der Waals surface area contributed by atoms with Crippen molar-refractivity contribution in [2.24, 2.45) is 0 Å². The number of nitrogens with zero attached hydrogens (tertiary/aromatic N) is 1. The molecule has 1 unspecified atom stereocenters. The molecule has 4 nitrogen and oxygen atoms in total. The number of halogens is 1. The molecule has 0 aliphatic carbocycles. The molecule has 0 aromatic heterocycles. The summed E-state index contributed by atoms with van der Waals surface area (Å²) in [7, 11) is 1.77. The summed E-state index contributed by atoms with van der Waals surface area (Å²) in [6.45, 7) is 7.86. The summed E-state index contributed by atoms with van der Waals surface area (Å²) in [6, 6.07) is 12.9. The van der Waals surface area contributed by atoms with E-state index in [1.165, 1.54) is 11.8 Å². The highest BCUT2D eigenvalue weighted by Crippen LogP contribution is 2.40. The van der Waals surface area contributed by atoms with Gasteiger partial charge in [0.05, 0.1) is 10.9 Å². The molecule has 2 aromatic rings. The summed E-state index contributed by atoms with van der Waals surface area (Å²) in [4.78, 5) is 28.0. The Balaban J connectivity index is 1.74. The van der Waals surface area contributed by atoms with Crippen LogP contribution in [-0.2, 0) is 11.2 Å². The molecule has 0 saturated heterocycles. The third-order valence-corrected chi connectivity index (χ3v) is 6.22. The van der Waals surface area contributed by atoms with Gasteiger partial charge >= 0.3 is 0 Å². The molecule has 0 spiro atoms. The van der Waals surface area contributed by atoms with Crippen LogP contribution in [0.5, 0.6) is 0 Å². The minimum atomic E-state index is -0.259. The van der Waals surface area contributed by atoms with E-state index < -0.39 is 0 Å². The van der Waals surface area contributed by atoms with Gasteiger partial charge in [0.2, 0.25) is 5.91 Å². The number of thioether (sulfide) groups is 1. The minimum Gasteiger partial charge on any atom is -0.348 e. The molecule has 1 aliphatic rings. The number of carbonyl (C=O) groups is 2. The molecule has 154 valence electrons. The normalized spacial score (nSPS) is 15.7. The first-order valence-corrected chi connectivity index (χ1v) is 10.7. The minimum absolute atomic E-state index is 0.0463. The molecule has 0 saturated carbocycles. The number of hydrogen-bond acceptors (Lipinski definition) is 3. The van der Waals surface area contributed by atoms with Crippen LogP contribution in [0.2, 0.25) is 5.02 Å². The van der Waals surface area contributed by atoms with Crippen LogP contribution in [0.15, 0.2) is 84.3 Å². The van der Waals surface area contributed by atoms with Crippen molar-refractivity contribution in [3.05, 3.63) is 95.6 Å². The highest BCUT2D eigenvalue weighted by atomic mass is 35.5. The fourth-order valence-corrected chi connectivity index (χ4v) is 4.58. The lowest BCUT2D eigenvalue weighted by Gasteiger charge is -2.31. The quantitative estimate of drug-likeness (QED) is 0.615. The molecule has 1 aliphatic heterocycles. The second kappa shape index (κ2) is 9.83. The van der Waals surface area contributed by atoms with Crippen LogP contribution in [-0.4, -0.2) is 30.7 Å². The molecule has 2 amide bonds. The van der Waals surface area contributed by atoms with E-state index in [2.05, 4.69) is 18.5 Å². The number of fused-ring (bicyclic) bond motifs is 1. The van der Waals surface area contributed by atoms with E-state index in [0.717, 1.165) is 21.7 Å². The fourth-order valence-electron chi connectivity index (χ4n) is 3.09. The molecule has 30 heavy (non-hydrogen) atoms. The highest BCUT2D eigenvalue weighted by molar-refractivity contribution is 8.01. The van der Waals surface area contributed by atoms with E-state index in [-0.39, 0.29) is 17.1 Å². The molecular formula is C24H23ClN2O2S. The van der Waals surface area contributed by atoms with Crippen molar-refractivity contribution in [3.63, 3.8) is 0 Å². The summed E-state index contributed by atoms with van der Waals surface area (Å²) in [6.07, 6.45) is 5.83. The maximum atomic E-state index is 12.8. The predicted octanol–water partition coefficient (Wildman–Crippen LogP) is 5.05. The number of nitrogens with one attached hydrogen (secondary N) is 1. The molecule has 0 radical (unpaired) electrons. The molecule has 0 fully saturated rings. The highest BCUT2D eigenvalue weighted by Gasteiger charge is 2.32. The molecule has 1 atom stereocenters. The van der Waals surface area contributed by atoms with Crippen molar-refractivity contribution in [2.75, 3.05) is 18.5 Å². The van der Waals surface area contributed by atoms with Gasteiger partial charge in [-0.25, -0.2) is 0 Å². The third kappa shape index (κ3) is 5.23. The Morgan fingerprint density at radius 3 is 2.70 bits per heavy atom. The van der Waals surface area contributed by atoms with Gasteiger partial charge in [0.15, 0.2) is 0 Å². The van der Waals surface area contributed by atoms with Gasteiger partial charge in [-0.15, -0.1) is 11.8 Å². The first kappa shape index (κ1) is 21.9. The lowest BCUT2D eigenvalue weighted by molar-refractivity contribution is -0.117. The fraction of sp³-hybridized carbons (Fsp3) is 0.167. The van der Waals surface area contributed by atoms with E-state index >= 15 is 0 Å². The maximum Gasteiger partial charge on any atom is 0.251 e. The molecular weight excluding hydrogens is 416 g/mol. The van der Waals surface area contributed by atoms with Gasteiger partial charge in [0.25, 0.3) is 5.91 Å². The van der Waals surface area contributed by atoms with Gasteiger partial charge in [-0.3, -0.25) is 9.59 Å². The topological polar surface area (TPSA) is 49.4 Å². The lowest BCUT2D eigenvalue weighted by Crippen LogP contribution is -2.39. The van der Waals surface area contributed by atoms with Crippen LogP contribution in [0.4, 0.5) is 5.69 Å². The third-order valence-electron chi connectivity index (χ3n) is 4.74. The summed E-state index contributed by atoms with van der Waals surface area (Å²) < 4.78 is 0. The number of hydrogen-bond donors (Lipinski definition) is 1. The van der Waals surface area contributed by atoms with E-state index in [9.17, 15) is 9.59 Å². The predicted molar refractivity (Wildman–Crippen MR) is 125 cm³/mol. The van der Waals surface area contributed by atoms with Crippen LogP contribution < -0.4 is 10.2 Å². The Kier molecular flexibility index (Phi) is 7.19. The second-order valence-electron chi connectivity index (χ2n) is 6.95. The molecule has 6 heteroatoms. The van der Waals surface area contributed by atoms with Gasteiger partial charge in [0, 0.05) is 29.1 Å². The zero-order valence-corrected chi connectivity index (χ0v) is 18.3. The average Bonchev–Trinajstić information content (AvgIpc) is 2.75. The van der Waals surface area contributed by atoms with Crippen molar-refractivity contribution in [2.45, 2.75) is 16.6 Å². The van der Waals surface area contributed by atoms with Crippen molar-refractivity contribution < 1.29 is 9.59 Å². The van der Waals surface area contributed by atoms with Crippen LogP contribution in [0, 0.1) is 0 Å². The van der Waals surface area contributed by atoms with E-state index in [0.29, 0.717) is 23.6 Å². The lowest BCUT2D eigenvalue weighted by atomic mass is 10.1. The Labute approximate surface area is 186 Å². The summed E-state index contributed by atoms with van der Waals surface area (Å²) in [5, 5.41) is 3.27. The number of benzene rings is 2. The Morgan fingerprint density at radius 1 is 1.27 bits per heavy atom. The number of allylic oxidation sites excluding steroid dienone is 2. The molecule has 0 bridgehead atoms. The summed E-state index contributed by atoms with van der Waals surface area (Å²) in [5.41, 5.74) is 3.19. The van der Waals surface area contributed by atoms with E-state index in [4.69, 9.17) is 11.6 Å².